The number of amides is 2. The Labute approximate surface area is 117 Å². The molecule has 0 radical (unpaired) electrons. The van der Waals surface area contributed by atoms with Crippen molar-refractivity contribution in [2.45, 2.75) is 12.6 Å². The molecule has 1 aromatic rings. The van der Waals surface area contributed by atoms with Gasteiger partial charge in [-0.3, -0.25) is 0 Å². The second kappa shape index (κ2) is 4.90. The Bertz CT molecular complexity index is 507. The normalized spacial score (nSPS) is 22.4. The number of halogens is 1. The summed E-state index contributed by atoms with van der Waals surface area (Å²) in [5.41, 5.74) is 7.98. The largest absolute Gasteiger partial charge is 0.367 e. The lowest BCUT2D eigenvalue weighted by Crippen LogP contribution is -2.52. The van der Waals surface area contributed by atoms with Crippen LogP contribution in [0.25, 0.3) is 0 Å². The molecule has 2 saturated heterocycles. The molecule has 19 heavy (non-hydrogen) atoms. The van der Waals surface area contributed by atoms with Gasteiger partial charge in [-0.25, -0.2) is 4.79 Å². The van der Waals surface area contributed by atoms with Crippen molar-refractivity contribution >= 4 is 23.3 Å². The van der Waals surface area contributed by atoms with Crippen LogP contribution in [0.5, 0.6) is 0 Å². The van der Waals surface area contributed by atoms with Crippen molar-refractivity contribution in [1.29, 1.82) is 0 Å². The van der Waals surface area contributed by atoms with E-state index in [-0.39, 0.29) is 12.1 Å². The number of hydrogen-bond acceptors (Lipinski definition) is 3. The molecule has 0 saturated carbocycles. The fourth-order valence-electron chi connectivity index (χ4n) is 2.85. The lowest BCUT2D eigenvalue weighted by atomic mass is 10.1. The molecule has 2 heterocycles. The molecular formula is C13H17ClN4O. The van der Waals surface area contributed by atoms with Crippen molar-refractivity contribution in [2.24, 2.45) is 5.73 Å². The molecule has 5 nitrogen and oxygen atoms in total. The van der Waals surface area contributed by atoms with Crippen molar-refractivity contribution in [2.75, 3.05) is 31.1 Å². The van der Waals surface area contributed by atoms with Crippen LogP contribution in [-0.2, 0) is 6.54 Å². The van der Waals surface area contributed by atoms with E-state index in [1.165, 1.54) is 0 Å². The summed E-state index contributed by atoms with van der Waals surface area (Å²) in [6.45, 7) is 3.62. The summed E-state index contributed by atoms with van der Waals surface area (Å²) >= 11 is 6.01. The number of hydrogen-bond donors (Lipinski definition) is 2. The fraction of sp³-hybridized carbons (Fsp3) is 0.462. The van der Waals surface area contributed by atoms with Gasteiger partial charge in [0.2, 0.25) is 0 Å². The Balaban J connectivity index is 1.82. The van der Waals surface area contributed by atoms with Crippen LogP contribution in [0.3, 0.4) is 0 Å². The predicted molar refractivity (Wildman–Crippen MR) is 75.4 cm³/mol. The zero-order chi connectivity index (χ0) is 13.4. The van der Waals surface area contributed by atoms with E-state index >= 15 is 0 Å². The van der Waals surface area contributed by atoms with Crippen molar-refractivity contribution in [1.82, 2.24) is 10.2 Å². The Hall–Kier alpha value is -1.46. The number of nitrogens with two attached hydrogens (primary N) is 1. The maximum absolute atomic E-state index is 11.6. The second-order valence-electron chi connectivity index (χ2n) is 4.96. The third-order valence-electron chi connectivity index (χ3n) is 3.83. The van der Waals surface area contributed by atoms with Crippen molar-refractivity contribution in [3.63, 3.8) is 0 Å². The van der Waals surface area contributed by atoms with Gasteiger partial charge in [0.25, 0.3) is 0 Å². The average molecular weight is 281 g/mol. The molecule has 2 aliphatic heterocycles. The fourth-order valence-corrected chi connectivity index (χ4v) is 3.04. The highest BCUT2D eigenvalue weighted by Crippen LogP contribution is 2.27. The number of nitrogens with one attached hydrogen (secondary N) is 1. The van der Waals surface area contributed by atoms with Gasteiger partial charge in [-0.2, -0.15) is 0 Å². The standard InChI is InChI=1S/C13H17ClN4O/c14-10-1-2-12(9(5-10)6-15)17-3-4-18-11(8-17)7-16-13(18)19/h1-2,5,11H,3-4,6-8,15H2,(H,16,19). The van der Waals surface area contributed by atoms with Crippen molar-refractivity contribution in [3.05, 3.63) is 28.8 Å². The molecule has 2 aliphatic rings. The Morgan fingerprint density at radius 1 is 1.42 bits per heavy atom. The number of rotatable bonds is 2. The Morgan fingerprint density at radius 2 is 2.26 bits per heavy atom. The molecule has 0 bridgehead atoms. The Morgan fingerprint density at radius 3 is 3.05 bits per heavy atom. The number of piperazine rings is 1. The number of anilines is 1. The summed E-state index contributed by atoms with van der Waals surface area (Å²) in [6, 6.07) is 6.13. The van der Waals surface area contributed by atoms with E-state index in [1.807, 2.05) is 23.1 Å². The number of nitrogens with zero attached hydrogens (tertiary/aromatic N) is 2. The highest BCUT2D eigenvalue weighted by molar-refractivity contribution is 6.30. The SMILES string of the molecule is NCc1cc(Cl)ccc1N1CCN2C(=O)NCC2C1. The molecule has 3 rings (SSSR count). The molecule has 1 atom stereocenters. The van der Waals surface area contributed by atoms with Crippen LogP contribution < -0.4 is 16.0 Å². The van der Waals surface area contributed by atoms with Crippen LogP contribution in [0.1, 0.15) is 5.56 Å². The highest BCUT2D eigenvalue weighted by atomic mass is 35.5. The van der Waals surface area contributed by atoms with Gasteiger partial charge in [0, 0.05) is 43.4 Å². The zero-order valence-corrected chi connectivity index (χ0v) is 11.4. The summed E-state index contributed by atoms with van der Waals surface area (Å²) < 4.78 is 0. The van der Waals surface area contributed by atoms with Gasteiger partial charge in [0.1, 0.15) is 0 Å². The summed E-state index contributed by atoms with van der Waals surface area (Å²) in [5, 5.41) is 3.59. The van der Waals surface area contributed by atoms with E-state index in [4.69, 9.17) is 17.3 Å². The van der Waals surface area contributed by atoms with Gasteiger partial charge in [0.05, 0.1) is 6.04 Å². The molecule has 2 amide bonds. The number of carbonyl (C=O) groups is 1. The van der Waals surface area contributed by atoms with E-state index in [1.54, 1.807) is 0 Å². The topological polar surface area (TPSA) is 61.6 Å². The van der Waals surface area contributed by atoms with E-state index in [0.29, 0.717) is 11.6 Å². The summed E-state index contributed by atoms with van der Waals surface area (Å²) in [6.07, 6.45) is 0. The van der Waals surface area contributed by atoms with Gasteiger partial charge in [-0.1, -0.05) is 11.6 Å². The van der Waals surface area contributed by atoms with E-state index in [2.05, 4.69) is 10.2 Å². The van der Waals surface area contributed by atoms with Gasteiger partial charge in [-0.05, 0) is 23.8 Å². The van der Waals surface area contributed by atoms with Crippen LogP contribution in [-0.4, -0.2) is 43.2 Å². The molecule has 6 heteroatoms. The molecule has 3 N–H and O–H groups in total. The Kier molecular flexibility index (Phi) is 3.24. The van der Waals surface area contributed by atoms with Crippen LogP contribution in [0.2, 0.25) is 5.02 Å². The molecule has 0 aliphatic carbocycles. The summed E-state index contributed by atoms with van der Waals surface area (Å²) in [4.78, 5) is 15.8. The maximum atomic E-state index is 11.6. The lowest BCUT2D eigenvalue weighted by molar-refractivity contribution is 0.197. The molecule has 1 unspecified atom stereocenters. The first kappa shape index (κ1) is 12.6. The first-order chi connectivity index (χ1) is 9.19. The smallest absolute Gasteiger partial charge is 0.317 e. The third-order valence-corrected chi connectivity index (χ3v) is 4.07. The molecule has 102 valence electrons. The molecule has 0 spiro atoms. The number of urea groups is 1. The number of fused-ring (bicyclic) bond motifs is 1. The number of carbonyl (C=O) groups excluding carboxylic acids is 1. The molecule has 2 fully saturated rings. The van der Waals surface area contributed by atoms with Gasteiger partial charge >= 0.3 is 6.03 Å². The second-order valence-corrected chi connectivity index (χ2v) is 5.39. The van der Waals surface area contributed by atoms with Crippen LogP contribution >= 0.6 is 11.6 Å². The first-order valence-electron chi connectivity index (χ1n) is 6.47. The zero-order valence-electron chi connectivity index (χ0n) is 10.6. The minimum atomic E-state index is 0.0554. The average Bonchev–Trinajstić information content (AvgIpc) is 2.79. The highest BCUT2D eigenvalue weighted by Gasteiger charge is 2.35. The van der Waals surface area contributed by atoms with E-state index in [0.717, 1.165) is 37.4 Å². The predicted octanol–water partition coefficient (Wildman–Crippen LogP) is 1.01. The maximum Gasteiger partial charge on any atom is 0.317 e. The van der Waals surface area contributed by atoms with Crippen LogP contribution in [0.4, 0.5) is 10.5 Å². The van der Waals surface area contributed by atoms with Crippen LogP contribution in [0.15, 0.2) is 18.2 Å². The van der Waals surface area contributed by atoms with Crippen molar-refractivity contribution < 1.29 is 4.79 Å². The summed E-state index contributed by atoms with van der Waals surface area (Å²) in [7, 11) is 0. The van der Waals surface area contributed by atoms with Crippen molar-refractivity contribution in [3.8, 4) is 0 Å². The van der Waals surface area contributed by atoms with Gasteiger partial charge in [-0.15, -0.1) is 0 Å². The number of benzene rings is 1. The van der Waals surface area contributed by atoms with E-state index < -0.39 is 0 Å². The first-order valence-corrected chi connectivity index (χ1v) is 6.85. The van der Waals surface area contributed by atoms with Gasteiger partial charge in [0.15, 0.2) is 0 Å². The van der Waals surface area contributed by atoms with E-state index in [9.17, 15) is 4.79 Å². The summed E-state index contributed by atoms with van der Waals surface area (Å²) in [5.74, 6) is 0. The molecular weight excluding hydrogens is 264 g/mol. The molecule has 0 aromatic heterocycles. The lowest BCUT2D eigenvalue weighted by Gasteiger charge is -2.38. The molecule has 1 aromatic carbocycles. The van der Waals surface area contributed by atoms with Crippen LogP contribution in [0, 0.1) is 0 Å². The quantitative estimate of drug-likeness (QED) is 0.850. The minimum absolute atomic E-state index is 0.0554. The monoisotopic (exact) mass is 280 g/mol. The minimum Gasteiger partial charge on any atom is -0.367 e. The third kappa shape index (κ3) is 2.24. The van der Waals surface area contributed by atoms with Gasteiger partial charge < -0.3 is 20.9 Å².